The Morgan fingerprint density at radius 3 is 2.25 bits per heavy atom. The molecule has 1 amide bonds. The van der Waals surface area contributed by atoms with Crippen LogP contribution in [-0.4, -0.2) is 28.6 Å². The highest BCUT2D eigenvalue weighted by Gasteiger charge is 2.33. The Bertz CT molecular complexity index is 455. The van der Waals surface area contributed by atoms with Crippen LogP contribution < -0.4 is 11.1 Å². The standard InChI is InChI=1S/C15H22N2O3/c1-3-15(16,4-2)14(20)17-12(13(18)19)10-11-8-6-5-7-9-11/h5-9,12H,3-4,10,16H2,1-2H3,(H,17,20)(H,18,19)/t12-/m0/s1. The van der Waals surface area contributed by atoms with Gasteiger partial charge in [-0.05, 0) is 18.4 Å². The molecule has 110 valence electrons. The Kier molecular flexibility index (Phi) is 5.70. The number of nitrogens with two attached hydrogens (primary N) is 1. The van der Waals surface area contributed by atoms with Gasteiger partial charge in [0.25, 0.3) is 0 Å². The van der Waals surface area contributed by atoms with E-state index in [1.807, 2.05) is 44.2 Å². The highest BCUT2D eigenvalue weighted by atomic mass is 16.4. The van der Waals surface area contributed by atoms with Crippen LogP contribution in [0.5, 0.6) is 0 Å². The molecular weight excluding hydrogens is 256 g/mol. The van der Waals surface area contributed by atoms with Crippen molar-refractivity contribution < 1.29 is 14.7 Å². The Balaban J connectivity index is 2.78. The second kappa shape index (κ2) is 7.05. The maximum absolute atomic E-state index is 12.1. The Morgan fingerprint density at radius 2 is 1.80 bits per heavy atom. The van der Waals surface area contributed by atoms with Gasteiger partial charge in [0, 0.05) is 6.42 Å². The van der Waals surface area contributed by atoms with Crippen molar-refractivity contribution in [3.63, 3.8) is 0 Å². The van der Waals surface area contributed by atoms with E-state index in [-0.39, 0.29) is 6.42 Å². The molecule has 0 radical (unpaired) electrons. The normalized spacial score (nSPS) is 12.8. The van der Waals surface area contributed by atoms with Crippen molar-refractivity contribution in [3.8, 4) is 0 Å². The lowest BCUT2D eigenvalue weighted by Crippen LogP contribution is -2.57. The minimum atomic E-state index is -1.06. The topological polar surface area (TPSA) is 92.4 Å². The first-order valence-corrected chi connectivity index (χ1v) is 6.79. The highest BCUT2D eigenvalue weighted by molar-refractivity contribution is 5.90. The van der Waals surface area contributed by atoms with Crippen LogP contribution in [0.3, 0.4) is 0 Å². The lowest BCUT2D eigenvalue weighted by molar-refractivity contribution is -0.142. The van der Waals surface area contributed by atoms with Crippen LogP contribution in [0.4, 0.5) is 0 Å². The zero-order chi connectivity index (χ0) is 15.2. The lowest BCUT2D eigenvalue weighted by atomic mass is 9.92. The molecule has 1 rings (SSSR count). The van der Waals surface area contributed by atoms with Gasteiger partial charge in [0.2, 0.25) is 5.91 Å². The number of rotatable bonds is 7. The van der Waals surface area contributed by atoms with Crippen molar-refractivity contribution in [1.29, 1.82) is 0 Å². The first-order chi connectivity index (χ1) is 9.42. The van der Waals surface area contributed by atoms with Crippen LogP contribution in [0.1, 0.15) is 32.3 Å². The first-order valence-electron chi connectivity index (χ1n) is 6.79. The van der Waals surface area contributed by atoms with E-state index >= 15 is 0 Å². The molecule has 0 aliphatic heterocycles. The van der Waals surface area contributed by atoms with Gasteiger partial charge in [-0.2, -0.15) is 0 Å². The number of nitrogens with one attached hydrogen (secondary N) is 1. The second-order valence-electron chi connectivity index (χ2n) is 4.92. The maximum atomic E-state index is 12.1. The summed E-state index contributed by atoms with van der Waals surface area (Å²) < 4.78 is 0. The lowest BCUT2D eigenvalue weighted by Gasteiger charge is -2.27. The summed E-state index contributed by atoms with van der Waals surface area (Å²) in [6.07, 6.45) is 1.17. The van der Waals surface area contributed by atoms with E-state index in [9.17, 15) is 14.7 Å². The van der Waals surface area contributed by atoms with Gasteiger partial charge in [0.15, 0.2) is 0 Å². The van der Waals surface area contributed by atoms with Crippen LogP contribution in [0.25, 0.3) is 0 Å². The zero-order valence-corrected chi connectivity index (χ0v) is 11.9. The van der Waals surface area contributed by atoms with Crippen LogP contribution >= 0.6 is 0 Å². The molecule has 5 nitrogen and oxygen atoms in total. The number of aliphatic carboxylic acids is 1. The molecule has 1 aromatic carbocycles. The van der Waals surface area contributed by atoms with E-state index in [1.165, 1.54) is 0 Å². The molecule has 0 aromatic heterocycles. The van der Waals surface area contributed by atoms with Gasteiger partial charge in [0.05, 0.1) is 5.54 Å². The molecule has 0 heterocycles. The van der Waals surface area contributed by atoms with Crippen LogP contribution in [0, 0.1) is 0 Å². The predicted octanol–water partition coefficient (Wildman–Crippen LogP) is 1.32. The number of carbonyl (C=O) groups excluding carboxylic acids is 1. The van der Waals surface area contributed by atoms with Crippen molar-refractivity contribution in [2.24, 2.45) is 5.73 Å². The number of amides is 1. The third-order valence-corrected chi connectivity index (χ3v) is 3.60. The Hall–Kier alpha value is -1.88. The fraction of sp³-hybridized carbons (Fsp3) is 0.467. The molecule has 1 aromatic rings. The monoisotopic (exact) mass is 278 g/mol. The number of carbonyl (C=O) groups is 2. The Morgan fingerprint density at radius 1 is 1.25 bits per heavy atom. The van der Waals surface area contributed by atoms with Gasteiger partial charge in [-0.3, -0.25) is 4.79 Å². The van der Waals surface area contributed by atoms with E-state index < -0.39 is 23.5 Å². The number of hydrogen-bond acceptors (Lipinski definition) is 3. The molecular formula is C15H22N2O3. The summed E-state index contributed by atoms with van der Waals surface area (Å²) in [6, 6.07) is 8.22. The van der Waals surface area contributed by atoms with E-state index in [4.69, 9.17) is 5.73 Å². The van der Waals surface area contributed by atoms with Crippen LogP contribution in [0.2, 0.25) is 0 Å². The largest absolute Gasteiger partial charge is 0.480 e. The van der Waals surface area contributed by atoms with Gasteiger partial charge in [-0.15, -0.1) is 0 Å². The van der Waals surface area contributed by atoms with E-state index in [1.54, 1.807) is 0 Å². The third kappa shape index (κ3) is 4.06. The fourth-order valence-corrected chi connectivity index (χ4v) is 1.92. The van der Waals surface area contributed by atoms with Gasteiger partial charge in [-0.1, -0.05) is 44.2 Å². The Labute approximate surface area is 119 Å². The third-order valence-electron chi connectivity index (χ3n) is 3.60. The summed E-state index contributed by atoms with van der Waals surface area (Å²) in [5.74, 6) is -1.47. The maximum Gasteiger partial charge on any atom is 0.326 e. The average Bonchev–Trinajstić information content (AvgIpc) is 2.46. The molecule has 0 bridgehead atoms. The second-order valence-corrected chi connectivity index (χ2v) is 4.92. The number of carboxylic acid groups (broad SMARTS) is 1. The summed E-state index contributed by atoms with van der Waals surface area (Å²) >= 11 is 0. The summed E-state index contributed by atoms with van der Waals surface area (Å²) in [5, 5.41) is 11.8. The van der Waals surface area contributed by atoms with Crippen LogP contribution in [0.15, 0.2) is 30.3 Å². The van der Waals surface area contributed by atoms with Crippen molar-refractivity contribution in [2.75, 3.05) is 0 Å². The molecule has 20 heavy (non-hydrogen) atoms. The average molecular weight is 278 g/mol. The van der Waals surface area contributed by atoms with Gasteiger partial charge >= 0.3 is 5.97 Å². The van der Waals surface area contributed by atoms with Crippen molar-refractivity contribution in [3.05, 3.63) is 35.9 Å². The number of hydrogen-bond donors (Lipinski definition) is 3. The minimum absolute atomic E-state index is 0.241. The van der Waals surface area contributed by atoms with Gasteiger partial charge in [0.1, 0.15) is 6.04 Å². The molecule has 0 saturated carbocycles. The van der Waals surface area contributed by atoms with Crippen molar-refractivity contribution >= 4 is 11.9 Å². The summed E-state index contributed by atoms with van der Waals surface area (Å²) in [6.45, 7) is 3.63. The van der Waals surface area contributed by atoms with Crippen molar-refractivity contribution in [1.82, 2.24) is 5.32 Å². The molecule has 0 aliphatic rings. The van der Waals surface area contributed by atoms with E-state index in [0.29, 0.717) is 12.8 Å². The van der Waals surface area contributed by atoms with Crippen molar-refractivity contribution in [2.45, 2.75) is 44.7 Å². The summed E-state index contributed by atoms with van der Waals surface area (Å²) in [7, 11) is 0. The smallest absolute Gasteiger partial charge is 0.326 e. The molecule has 1 atom stereocenters. The van der Waals surface area contributed by atoms with Crippen LogP contribution in [-0.2, 0) is 16.0 Å². The SMILES string of the molecule is CCC(N)(CC)C(=O)N[C@@H](Cc1ccccc1)C(=O)O. The molecule has 0 aliphatic carbocycles. The molecule has 4 N–H and O–H groups in total. The molecule has 0 unspecified atom stereocenters. The molecule has 5 heteroatoms. The number of benzene rings is 1. The molecule has 0 fully saturated rings. The van der Waals surface area contributed by atoms with E-state index in [2.05, 4.69) is 5.32 Å². The van der Waals surface area contributed by atoms with Gasteiger partial charge < -0.3 is 16.2 Å². The van der Waals surface area contributed by atoms with E-state index in [0.717, 1.165) is 5.56 Å². The minimum Gasteiger partial charge on any atom is -0.480 e. The molecule has 0 saturated heterocycles. The highest BCUT2D eigenvalue weighted by Crippen LogP contribution is 2.12. The molecule has 0 spiro atoms. The summed E-state index contributed by atoms with van der Waals surface area (Å²) in [4.78, 5) is 23.4. The first kappa shape index (κ1) is 16.2. The quantitative estimate of drug-likeness (QED) is 0.701. The van der Waals surface area contributed by atoms with Gasteiger partial charge in [-0.25, -0.2) is 4.79 Å². The number of carboxylic acids is 1. The predicted molar refractivity (Wildman–Crippen MR) is 77.2 cm³/mol. The zero-order valence-electron chi connectivity index (χ0n) is 11.9. The fourth-order valence-electron chi connectivity index (χ4n) is 1.92. The summed E-state index contributed by atoms with van der Waals surface area (Å²) in [5.41, 5.74) is 5.82.